The van der Waals surface area contributed by atoms with Gasteiger partial charge < -0.3 is 15.4 Å². The van der Waals surface area contributed by atoms with Gasteiger partial charge in [0.25, 0.3) is 5.91 Å². The summed E-state index contributed by atoms with van der Waals surface area (Å²) in [7, 11) is 0. The largest absolute Gasteiger partial charge is 0.489 e. The molecule has 0 bridgehead atoms. The van der Waals surface area contributed by atoms with Gasteiger partial charge in [0, 0.05) is 55.3 Å². The minimum atomic E-state index is -0.331. The van der Waals surface area contributed by atoms with E-state index in [1.165, 1.54) is 0 Å². The van der Waals surface area contributed by atoms with Crippen molar-refractivity contribution in [2.75, 3.05) is 32.7 Å². The Morgan fingerprint density at radius 3 is 2.56 bits per heavy atom. The van der Waals surface area contributed by atoms with Gasteiger partial charge in [-0.15, -0.1) is 0 Å². The number of hydrogen-bond acceptors (Lipinski definition) is 6. The lowest BCUT2D eigenvalue weighted by atomic mass is 9.49. The second-order valence-electron chi connectivity index (χ2n) is 10.6. The number of pyridine rings is 1. The fraction of sp³-hybridized carbons (Fsp3) is 0.464. The number of nitrogens with one attached hydrogen (secondary N) is 2. The maximum atomic E-state index is 13.0. The summed E-state index contributed by atoms with van der Waals surface area (Å²) in [6.07, 6.45) is 1.42. The normalized spacial score (nSPS) is 22.3. The highest BCUT2D eigenvalue weighted by atomic mass is 35.5. The Hall–Kier alpha value is -3.10. The SMILES string of the molecule is CC1(C)C(NC(=O)c2ccc(C#CCN3CCNCC3)nc2)C(C)(C)C1Oc1ccc(C#N)c(Cl)c1. The van der Waals surface area contributed by atoms with Crippen molar-refractivity contribution in [1.29, 1.82) is 5.26 Å². The number of amides is 1. The molecule has 0 spiro atoms. The first-order valence-corrected chi connectivity index (χ1v) is 12.6. The van der Waals surface area contributed by atoms with Crippen LogP contribution >= 0.6 is 11.6 Å². The van der Waals surface area contributed by atoms with Crippen molar-refractivity contribution in [3.63, 3.8) is 0 Å². The maximum Gasteiger partial charge on any atom is 0.253 e. The van der Waals surface area contributed by atoms with Gasteiger partial charge in [-0.05, 0) is 30.2 Å². The molecule has 0 unspecified atom stereocenters. The second kappa shape index (κ2) is 10.5. The van der Waals surface area contributed by atoms with Crippen molar-refractivity contribution in [2.24, 2.45) is 10.8 Å². The van der Waals surface area contributed by atoms with Crippen LogP contribution in [0.5, 0.6) is 5.75 Å². The van der Waals surface area contributed by atoms with E-state index in [0.717, 1.165) is 32.7 Å². The number of nitriles is 1. The number of carbonyl (C=O) groups is 1. The fourth-order valence-electron chi connectivity index (χ4n) is 5.52. The standard InChI is InChI=1S/C28H32ClN5O2/c1-27(2)25(28(3,4)26(27)36-22-10-8-19(17-30)23(29)16-22)33-24(35)20-7-9-21(32-18-20)6-5-13-34-14-11-31-12-15-34/h7-10,16,18,25-26,31H,11-15H2,1-4H3,(H,33,35). The number of ether oxygens (including phenoxy) is 1. The van der Waals surface area contributed by atoms with Gasteiger partial charge in [-0.25, -0.2) is 4.98 Å². The van der Waals surface area contributed by atoms with Crippen molar-refractivity contribution in [3.05, 3.63) is 58.4 Å². The predicted octanol–water partition coefficient (Wildman–Crippen LogP) is 3.48. The third-order valence-corrected chi connectivity index (χ3v) is 7.50. The molecule has 1 saturated heterocycles. The summed E-state index contributed by atoms with van der Waals surface area (Å²) in [5.41, 5.74) is 0.898. The van der Waals surface area contributed by atoms with E-state index in [1.807, 2.05) is 0 Å². The highest BCUT2D eigenvalue weighted by molar-refractivity contribution is 6.31. The third-order valence-electron chi connectivity index (χ3n) is 7.18. The number of halogens is 1. The second-order valence-corrected chi connectivity index (χ2v) is 11.0. The van der Waals surface area contributed by atoms with Gasteiger partial charge in [-0.1, -0.05) is 45.2 Å². The minimum absolute atomic E-state index is 0.116. The van der Waals surface area contributed by atoms with E-state index in [4.69, 9.17) is 21.6 Å². The van der Waals surface area contributed by atoms with Gasteiger partial charge in [0.2, 0.25) is 0 Å². The summed E-state index contributed by atoms with van der Waals surface area (Å²) in [4.78, 5) is 19.7. The third kappa shape index (κ3) is 5.34. The van der Waals surface area contributed by atoms with E-state index < -0.39 is 0 Å². The average molecular weight is 506 g/mol. The van der Waals surface area contributed by atoms with Crippen LogP contribution < -0.4 is 15.4 Å². The first-order chi connectivity index (χ1) is 17.1. The van der Waals surface area contributed by atoms with Crippen LogP contribution in [0.1, 0.15) is 49.3 Å². The molecule has 2 N–H and O–H groups in total. The molecule has 1 aromatic carbocycles. The molecular weight excluding hydrogens is 474 g/mol. The van der Waals surface area contributed by atoms with E-state index in [1.54, 1.807) is 36.5 Å². The Bertz CT molecular complexity index is 1200. The Morgan fingerprint density at radius 2 is 1.94 bits per heavy atom. The smallest absolute Gasteiger partial charge is 0.253 e. The van der Waals surface area contributed by atoms with Gasteiger partial charge >= 0.3 is 0 Å². The average Bonchev–Trinajstić information content (AvgIpc) is 2.86. The monoisotopic (exact) mass is 505 g/mol. The molecule has 1 saturated carbocycles. The van der Waals surface area contributed by atoms with Crippen LogP contribution in [0.15, 0.2) is 36.5 Å². The molecule has 0 atom stereocenters. The number of carbonyl (C=O) groups excluding carboxylic acids is 1. The maximum absolute atomic E-state index is 13.0. The van der Waals surface area contributed by atoms with Crippen LogP contribution in [0.4, 0.5) is 0 Å². The van der Waals surface area contributed by atoms with Crippen LogP contribution in [0, 0.1) is 34.0 Å². The first-order valence-electron chi connectivity index (χ1n) is 12.2. The molecule has 1 aliphatic heterocycles. The van der Waals surface area contributed by atoms with Crippen LogP contribution in [0.2, 0.25) is 5.02 Å². The summed E-state index contributed by atoms with van der Waals surface area (Å²) in [5.74, 6) is 6.69. The first kappa shape index (κ1) is 26.0. The molecule has 1 aromatic heterocycles. The highest BCUT2D eigenvalue weighted by Gasteiger charge is 2.64. The lowest BCUT2D eigenvalue weighted by Gasteiger charge is -2.63. The molecule has 8 heteroatoms. The van der Waals surface area contributed by atoms with Gasteiger partial charge in [0.15, 0.2) is 0 Å². The molecule has 4 rings (SSSR count). The molecule has 36 heavy (non-hydrogen) atoms. The van der Waals surface area contributed by atoms with E-state index in [2.05, 4.69) is 66.1 Å². The van der Waals surface area contributed by atoms with Gasteiger partial charge in [0.1, 0.15) is 23.6 Å². The number of piperazine rings is 1. The number of rotatable bonds is 5. The Labute approximate surface area is 218 Å². The minimum Gasteiger partial charge on any atom is -0.489 e. The molecular formula is C28H32ClN5O2. The lowest BCUT2D eigenvalue weighted by Crippen LogP contribution is -2.74. The molecule has 188 valence electrons. The van der Waals surface area contributed by atoms with Crippen molar-refractivity contribution >= 4 is 17.5 Å². The fourth-order valence-corrected chi connectivity index (χ4v) is 5.74. The summed E-state index contributed by atoms with van der Waals surface area (Å²) >= 11 is 6.18. The summed E-state index contributed by atoms with van der Waals surface area (Å²) in [6, 6.07) is 10.6. The van der Waals surface area contributed by atoms with Crippen LogP contribution in [0.3, 0.4) is 0 Å². The van der Waals surface area contributed by atoms with Crippen LogP contribution in [0.25, 0.3) is 0 Å². The topological polar surface area (TPSA) is 90.3 Å². The molecule has 1 amide bonds. The Morgan fingerprint density at radius 1 is 1.22 bits per heavy atom. The number of benzene rings is 1. The van der Waals surface area contributed by atoms with Crippen molar-refractivity contribution in [3.8, 4) is 23.7 Å². The molecule has 1 aliphatic carbocycles. The van der Waals surface area contributed by atoms with Crippen molar-refractivity contribution < 1.29 is 9.53 Å². The molecule has 7 nitrogen and oxygen atoms in total. The number of hydrogen-bond donors (Lipinski definition) is 2. The van der Waals surface area contributed by atoms with Crippen LogP contribution in [-0.4, -0.2) is 60.7 Å². The number of nitrogens with zero attached hydrogens (tertiary/aromatic N) is 3. The Balaban J connectivity index is 1.37. The zero-order valence-corrected chi connectivity index (χ0v) is 21.9. The Kier molecular flexibility index (Phi) is 7.57. The molecule has 0 radical (unpaired) electrons. The summed E-state index contributed by atoms with van der Waals surface area (Å²) in [5, 5.41) is 16.0. The zero-order chi connectivity index (χ0) is 25.9. The predicted molar refractivity (Wildman–Crippen MR) is 140 cm³/mol. The summed E-state index contributed by atoms with van der Waals surface area (Å²) < 4.78 is 6.30. The number of aromatic nitrogens is 1. The quantitative estimate of drug-likeness (QED) is 0.605. The van der Waals surface area contributed by atoms with E-state index >= 15 is 0 Å². The lowest BCUT2D eigenvalue weighted by molar-refractivity contribution is -0.164. The van der Waals surface area contributed by atoms with Gasteiger partial charge in [-0.2, -0.15) is 5.26 Å². The van der Waals surface area contributed by atoms with Crippen molar-refractivity contribution in [2.45, 2.75) is 39.8 Å². The van der Waals surface area contributed by atoms with E-state index in [-0.39, 0.29) is 28.9 Å². The zero-order valence-electron chi connectivity index (χ0n) is 21.2. The van der Waals surface area contributed by atoms with E-state index in [0.29, 0.717) is 27.6 Å². The van der Waals surface area contributed by atoms with E-state index in [9.17, 15) is 4.79 Å². The molecule has 2 aromatic rings. The van der Waals surface area contributed by atoms with Crippen molar-refractivity contribution in [1.82, 2.24) is 20.5 Å². The van der Waals surface area contributed by atoms with Crippen LogP contribution in [-0.2, 0) is 0 Å². The molecule has 2 aliphatic rings. The van der Waals surface area contributed by atoms with Gasteiger partial charge in [-0.3, -0.25) is 9.69 Å². The highest BCUT2D eigenvalue weighted by Crippen LogP contribution is 2.55. The molecule has 2 heterocycles. The summed E-state index contributed by atoms with van der Waals surface area (Å²) in [6.45, 7) is 13.0. The molecule has 2 fully saturated rings. The van der Waals surface area contributed by atoms with Gasteiger partial charge in [0.05, 0.1) is 22.7 Å².